The summed E-state index contributed by atoms with van der Waals surface area (Å²) in [5.74, 6) is 0.102. The third kappa shape index (κ3) is 3.13. The summed E-state index contributed by atoms with van der Waals surface area (Å²) in [7, 11) is 0. The third-order valence-corrected chi connectivity index (χ3v) is 3.35. The highest BCUT2D eigenvalue weighted by molar-refractivity contribution is 5.80. The summed E-state index contributed by atoms with van der Waals surface area (Å²) in [6.07, 6.45) is 3.58. The van der Waals surface area contributed by atoms with E-state index in [1.807, 2.05) is 27.7 Å². The summed E-state index contributed by atoms with van der Waals surface area (Å²) in [6.45, 7) is 14.4. The molecule has 1 heterocycles. The smallest absolute Gasteiger partial charge is 0.313 e. The molecule has 1 saturated carbocycles. The van der Waals surface area contributed by atoms with Crippen molar-refractivity contribution in [2.24, 2.45) is 5.41 Å². The number of hydrogen-bond donors (Lipinski definition) is 0. The van der Waals surface area contributed by atoms with E-state index in [2.05, 4.69) is 14.8 Å². The Morgan fingerprint density at radius 2 is 2.15 bits per heavy atom. The van der Waals surface area contributed by atoms with Gasteiger partial charge in [0.15, 0.2) is 5.69 Å². The van der Waals surface area contributed by atoms with Crippen LogP contribution in [0.2, 0.25) is 0 Å². The largest absolute Gasteiger partial charge is 0.460 e. The van der Waals surface area contributed by atoms with E-state index in [0.717, 1.165) is 24.2 Å². The van der Waals surface area contributed by atoms with Crippen LogP contribution >= 0.6 is 0 Å². The first kappa shape index (κ1) is 14.4. The van der Waals surface area contributed by atoms with Gasteiger partial charge in [-0.1, -0.05) is 6.57 Å². The Morgan fingerprint density at radius 1 is 1.50 bits per heavy atom. The quantitative estimate of drug-likeness (QED) is 0.627. The topological polar surface area (TPSA) is 56.4 Å². The lowest BCUT2D eigenvalue weighted by molar-refractivity contribution is -0.161. The van der Waals surface area contributed by atoms with Crippen LogP contribution in [0.15, 0.2) is 6.20 Å². The first-order chi connectivity index (χ1) is 9.26. The maximum atomic E-state index is 12.3. The van der Waals surface area contributed by atoms with Crippen LogP contribution in [0, 0.1) is 18.9 Å². The SMILES string of the molecule is [C-]#[N+]c1cnc(C)c(CC2(C(=O)OC(C)(C)C)CC2)n1. The summed E-state index contributed by atoms with van der Waals surface area (Å²) < 4.78 is 5.49. The molecule has 1 fully saturated rings. The van der Waals surface area contributed by atoms with Gasteiger partial charge in [0, 0.05) is 6.42 Å². The number of aromatic nitrogens is 2. The molecular formula is C15H19N3O2. The molecule has 0 aliphatic heterocycles. The number of ether oxygens (including phenoxy) is 1. The summed E-state index contributed by atoms with van der Waals surface area (Å²) in [4.78, 5) is 24.0. The fourth-order valence-corrected chi connectivity index (χ4v) is 2.01. The van der Waals surface area contributed by atoms with Gasteiger partial charge in [0.05, 0.1) is 17.3 Å². The number of esters is 1. The fraction of sp³-hybridized carbons (Fsp3) is 0.600. The molecule has 20 heavy (non-hydrogen) atoms. The van der Waals surface area contributed by atoms with Crippen LogP contribution in [-0.4, -0.2) is 21.5 Å². The molecule has 0 unspecified atom stereocenters. The molecule has 0 amide bonds. The molecule has 0 aromatic carbocycles. The summed E-state index contributed by atoms with van der Waals surface area (Å²) in [5.41, 5.74) is 0.549. The van der Waals surface area contributed by atoms with Gasteiger partial charge in [-0.05, 0) is 40.5 Å². The van der Waals surface area contributed by atoms with Crippen molar-refractivity contribution < 1.29 is 9.53 Å². The van der Waals surface area contributed by atoms with Crippen molar-refractivity contribution in [1.29, 1.82) is 0 Å². The molecular weight excluding hydrogens is 254 g/mol. The van der Waals surface area contributed by atoms with Gasteiger partial charge in [0.25, 0.3) is 5.82 Å². The molecule has 0 atom stereocenters. The van der Waals surface area contributed by atoms with Crippen LogP contribution in [0.4, 0.5) is 5.82 Å². The third-order valence-electron chi connectivity index (χ3n) is 3.35. The van der Waals surface area contributed by atoms with E-state index in [1.165, 1.54) is 6.20 Å². The van der Waals surface area contributed by atoms with Gasteiger partial charge < -0.3 is 9.58 Å². The molecule has 0 saturated heterocycles. The Kier molecular flexibility index (Phi) is 3.51. The minimum absolute atomic E-state index is 0.167. The lowest BCUT2D eigenvalue weighted by atomic mass is 9.98. The van der Waals surface area contributed by atoms with Crippen LogP contribution in [0.1, 0.15) is 45.0 Å². The number of carbonyl (C=O) groups is 1. The molecule has 0 spiro atoms. The van der Waals surface area contributed by atoms with Crippen molar-refractivity contribution in [2.45, 2.75) is 52.6 Å². The standard InChI is InChI=1S/C15H19N3O2/c1-10-11(18-12(16-5)9-17-10)8-15(6-7-15)13(19)20-14(2,3)4/h9H,6-8H2,1-4H3. The molecule has 106 valence electrons. The second-order valence-corrected chi connectivity index (χ2v) is 6.33. The zero-order valence-electron chi connectivity index (χ0n) is 12.4. The zero-order valence-corrected chi connectivity index (χ0v) is 12.4. The molecule has 1 aromatic rings. The fourth-order valence-electron chi connectivity index (χ4n) is 2.01. The predicted molar refractivity (Wildman–Crippen MR) is 74.2 cm³/mol. The van der Waals surface area contributed by atoms with Gasteiger partial charge in [-0.15, -0.1) is 4.98 Å². The number of rotatable bonds is 3. The van der Waals surface area contributed by atoms with Gasteiger partial charge in [-0.2, -0.15) is 0 Å². The second kappa shape index (κ2) is 4.86. The number of nitrogens with zero attached hydrogens (tertiary/aromatic N) is 3. The maximum absolute atomic E-state index is 12.3. The highest BCUT2D eigenvalue weighted by Gasteiger charge is 2.53. The number of hydrogen-bond acceptors (Lipinski definition) is 4. The minimum Gasteiger partial charge on any atom is -0.460 e. The first-order valence-corrected chi connectivity index (χ1v) is 6.69. The van der Waals surface area contributed by atoms with Gasteiger partial charge in [-0.3, -0.25) is 9.78 Å². The summed E-state index contributed by atoms with van der Waals surface area (Å²) in [6, 6.07) is 0. The molecule has 1 aromatic heterocycles. The van der Waals surface area contributed by atoms with Crippen LogP contribution in [0.5, 0.6) is 0 Å². The van der Waals surface area contributed by atoms with Crippen LogP contribution in [0.25, 0.3) is 4.85 Å². The second-order valence-electron chi connectivity index (χ2n) is 6.33. The highest BCUT2D eigenvalue weighted by Crippen LogP contribution is 2.50. The Hall–Kier alpha value is -1.96. The van der Waals surface area contributed by atoms with Crippen LogP contribution in [-0.2, 0) is 16.0 Å². The monoisotopic (exact) mass is 273 g/mol. The van der Waals surface area contributed by atoms with E-state index < -0.39 is 11.0 Å². The van der Waals surface area contributed by atoms with Crippen molar-refractivity contribution in [3.05, 3.63) is 29.0 Å². The van der Waals surface area contributed by atoms with Gasteiger partial charge in [0.1, 0.15) is 5.60 Å². The molecule has 2 rings (SSSR count). The van der Waals surface area contributed by atoms with Crippen molar-refractivity contribution >= 4 is 11.8 Å². The van der Waals surface area contributed by atoms with Crippen molar-refractivity contribution in [3.63, 3.8) is 0 Å². The van der Waals surface area contributed by atoms with E-state index in [9.17, 15) is 4.79 Å². The molecule has 0 radical (unpaired) electrons. The highest BCUT2D eigenvalue weighted by atomic mass is 16.6. The molecule has 1 aliphatic rings. The van der Waals surface area contributed by atoms with E-state index in [0.29, 0.717) is 6.42 Å². The van der Waals surface area contributed by atoms with E-state index in [-0.39, 0.29) is 11.8 Å². The molecule has 0 N–H and O–H groups in total. The van der Waals surface area contributed by atoms with Crippen molar-refractivity contribution in [1.82, 2.24) is 9.97 Å². The molecule has 5 heteroatoms. The molecule has 0 bridgehead atoms. The summed E-state index contributed by atoms with van der Waals surface area (Å²) >= 11 is 0. The minimum atomic E-state index is -0.480. The Morgan fingerprint density at radius 3 is 2.65 bits per heavy atom. The van der Waals surface area contributed by atoms with E-state index in [4.69, 9.17) is 11.3 Å². The van der Waals surface area contributed by atoms with Crippen LogP contribution < -0.4 is 0 Å². The average Bonchev–Trinajstić information content (AvgIpc) is 3.11. The number of aryl methyl sites for hydroxylation is 1. The molecule has 5 nitrogen and oxygen atoms in total. The lowest BCUT2D eigenvalue weighted by Gasteiger charge is -2.23. The van der Waals surface area contributed by atoms with E-state index >= 15 is 0 Å². The van der Waals surface area contributed by atoms with Gasteiger partial charge in [-0.25, -0.2) is 0 Å². The lowest BCUT2D eigenvalue weighted by Crippen LogP contribution is -2.31. The Balaban J connectivity index is 2.18. The van der Waals surface area contributed by atoms with Crippen molar-refractivity contribution in [3.8, 4) is 0 Å². The van der Waals surface area contributed by atoms with Crippen LogP contribution in [0.3, 0.4) is 0 Å². The average molecular weight is 273 g/mol. The Labute approximate surface area is 119 Å². The number of carbonyl (C=O) groups excluding carboxylic acids is 1. The Bertz CT molecular complexity index is 578. The molecule has 1 aliphatic carbocycles. The van der Waals surface area contributed by atoms with Gasteiger partial charge >= 0.3 is 5.97 Å². The van der Waals surface area contributed by atoms with Crippen molar-refractivity contribution in [2.75, 3.05) is 0 Å². The van der Waals surface area contributed by atoms with Gasteiger partial charge in [0.2, 0.25) is 0 Å². The summed E-state index contributed by atoms with van der Waals surface area (Å²) in [5, 5.41) is 0. The van der Waals surface area contributed by atoms with E-state index in [1.54, 1.807) is 0 Å². The predicted octanol–water partition coefficient (Wildman–Crippen LogP) is 3.00. The normalized spacial score (nSPS) is 16.4. The maximum Gasteiger partial charge on any atom is 0.313 e. The first-order valence-electron chi connectivity index (χ1n) is 6.69. The zero-order chi connectivity index (χ0) is 15.0.